The summed E-state index contributed by atoms with van der Waals surface area (Å²) in [5.74, 6) is 0.447. The molecule has 2 aliphatic rings. The lowest BCUT2D eigenvalue weighted by Crippen LogP contribution is -2.55. The number of hydrogen-bond acceptors (Lipinski definition) is 6. The molecule has 0 spiro atoms. The zero-order valence-electron chi connectivity index (χ0n) is 21.5. The highest BCUT2D eigenvalue weighted by molar-refractivity contribution is 5.82. The molecule has 37 heavy (non-hydrogen) atoms. The number of alkyl halides is 3. The molecule has 6 rings (SSSR count). The number of rotatable bonds is 5. The van der Waals surface area contributed by atoms with Crippen molar-refractivity contribution in [3.8, 4) is 11.3 Å². The van der Waals surface area contributed by atoms with Crippen molar-refractivity contribution in [2.24, 2.45) is 9.98 Å². The lowest BCUT2D eigenvalue weighted by Gasteiger charge is -2.41. The van der Waals surface area contributed by atoms with Crippen LogP contribution < -0.4 is 11.1 Å². The second-order valence-electron chi connectivity index (χ2n) is 9.42. The Labute approximate surface area is 210 Å². The van der Waals surface area contributed by atoms with E-state index in [0.717, 1.165) is 6.54 Å². The molecule has 13 heteroatoms. The quantitative estimate of drug-likeness (QED) is 0.422. The molecule has 196 valence electrons. The predicted octanol–water partition coefficient (Wildman–Crippen LogP) is 1.82. The van der Waals surface area contributed by atoms with Crippen molar-refractivity contribution in [2.45, 2.75) is 44.6 Å². The molecule has 0 radical (unpaired) electrons. The van der Waals surface area contributed by atoms with Crippen molar-refractivity contribution >= 4 is 16.7 Å². The van der Waals surface area contributed by atoms with Crippen LogP contribution in [0.15, 0.2) is 34.4 Å². The average Bonchev–Trinajstić information content (AvgIpc) is 3.35. The zero-order chi connectivity index (χ0) is 26.6. The Hall–Kier alpha value is -3.45. The van der Waals surface area contributed by atoms with E-state index in [1.165, 1.54) is 9.08 Å². The summed E-state index contributed by atoms with van der Waals surface area (Å²) < 4.78 is 58.1. The van der Waals surface area contributed by atoms with Crippen molar-refractivity contribution < 1.29 is 19.3 Å². The van der Waals surface area contributed by atoms with E-state index in [9.17, 15) is 8.78 Å². The number of ether oxygens (including phenoxy) is 1. The van der Waals surface area contributed by atoms with Crippen molar-refractivity contribution in [3.05, 3.63) is 41.3 Å². The topological polar surface area (TPSA) is 104 Å². The normalized spacial score (nSPS) is 22.9. The Morgan fingerprint density at radius 3 is 2.81 bits per heavy atom. The van der Waals surface area contributed by atoms with E-state index in [0.29, 0.717) is 71.0 Å². The van der Waals surface area contributed by atoms with E-state index in [1.807, 2.05) is 0 Å². The second-order valence-corrected chi connectivity index (χ2v) is 9.42. The summed E-state index contributed by atoms with van der Waals surface area (Å²) in [5.41, 5.74) is 3.18. The number of H-pyrrole nitrogens is 2. The third kappa shape index (κ3) is 4.35. The van der Waals surface area contributed by atoms with Crippen LogP contribution in [0.3, 0.4) is 0 Å². The van der Waals surface area contributed by atoms with Gasteiger partial charge in [0.05, 0.1) is 38.9 Å². The van der Waals surface area contributed by atoms with Crippen LogP contribution in [0.25, 0.3) is 27.9 Å². The summed E-state index contributed by atoms with van der Waals surface area (Å²) in [6, 6.07) is 4.83. The van der Waals surface area contributed by atoms with Crippen molar-refractivity contribution in [1.29, 1.82) is 0 Å². The number of imidazole rings is 1. The number of fused-ring (bicyclic) bond motifs is 2. The first-order chi connectivity index (χ1) is 18.3. The van der Waals surface area contributed by atoms with Gasteiger partial charge in [-0.05, 0) is 31.5 Å². The van der Waals surface area contributed by atoms with Crippen LogP contribution in [0.2, 0.25) is 0 Å². The molecule has 2 N–H and O–H groups in total. The molecule has 6 heterocycles. The third-order valence-electron chi connectivity index (χ3n) is 7.07. The summed E-state index contributed by atoms with van der Waals surface area (Å²) in [6.45, 7) is 3.49. The maximum Gasteiger partial charge on any atom is 0.256 e. The lowest BCUT2D eigenvalue weighted by molar-refractivity contribution is -0.0803. The Morgan fingerprint density at radius 2 is 2.11 bits per heavy atom. The summed E-state index contributed by atoms with van der Waals surface area (Å²) in [5, 5.41) is 3.07. The van der Waals surface area contributed by atoms with Crippen molar-refractivity contribution in [2.75, 3.05) is 33.4 Å². The van der Waals surface area contributed by atoms with Gasteiger partial charge in [0, 0.05) is 31.9 Å². The Bertz CT molecular complexity index is 1630. The first kappa shape index (κ1) is 22.7. The van der Waals surface area contributed by atoms with Crippen LogP contribution in [0.1, 0.15) is 13.6 Å². The molecule has 0 bridgehead atoms. The zero-order valence-corrected chi connectivity index (χ0v) is 20.5. The minimum absolute atomic E-state index is 0.112. The van der Waals surface area contributed by atoms with Gasteiger partial charge in [0.2, 0.25) is 5.62 Å². The molecular formula is C24H28F3N9O. The number of aromatic nitrogens is 6. The summed E-state index contributed by atoms with van der Waals surface area (Å²) in [6.07, 6.45) is -3.00. The van der Waals surface area contributed by atoms with E-state index >= 15 is 4.39 Å². The highest BCUT2D eigenvalue weighted by atomic mass is 19.3. The fraction of sp³-hybridized carbons (Fsp3) is 0.500. The van der Waals surface area contributed by atoms with E-state index in [1.54, 1.807) is 32.2 Å². The number of halogens is 3. The van der Waals surface area contributed by atoms with Crippen LogP contribution in [-0.2, 0) is 11.3 Å². The summed E-state index contributed by atoms with van der Waals surface area (Å²) in [7, 11) is 1.60. The predicted molar refractivity (Wildman–Crippen MR) is 130 cm³/mol. The number of aromatic amines is 2. The fourth-order valence-electron chi connectivity index (χ4n) is 5.04. The van der Waals surface area contributed by atoms with E-state index < -0.39 is 25.2 Å². The van der Waals surface area contributed by atoms with Gasteiger partial charge in [-0.15, -0.1) is 0 Å². The highest BCUT2D eigenvalue weighted by Crippen LogP contribution is 2.25. The number of pyridine rings is 1. The minimum Gasteiger partial charge on any atom is -0.378 e. The molecule has 4 aromatic rings. The van der Waals surface area contributed by atoms with E-state index in [-0.39, 0.29) is 12.2 Å². The van der Waals surface area contributed by atoms with Crippen LogP contribution in [0.4, 0.5) is 13.2 Å². The maximum absolute atomic E-state index is 15.0. The molecule has 0 aliphatic carbocycles. The van der Waals surface area contributed by atoms with Gasteiger partial charge in [-0.3, -0.25) is 19.5 Å². The molecule has 2 saturated heterocycles. The minimum atomic E-state index is -2.55. The molecule has 10 nitrogen and oxygen atoms in total. The second kappa shape index (κ2) is 9.45. The van der Waals surface area contributed by atoms with Gasteiger partial charge in [-0.25, -0.2) is 28.1 Å². The van der Waals surface area contributed by atoms with E-state index in [4.69, 9.17) is 6.11 Å². The van der Waals surface area contributed by atoms with Crippen LogP contribution >= 0.6 is 0 Å². The van der Waals surface area contributed by atoms with Gasteiger partial charge >= 0.3 is 0 Å². The summed E-state index contributed by atoms with van der Waals surface area (Å²) in [4.78, 5) is 23.2. The van der Waals surface area contributed by atoms with Crippen LogP contribution in [0, 0.1) is 6.92 Å². The first-order valence-electron chi connectivity index (χ1n) is 12.7. The monoisotopic (exact) mass is 516 g/mol. The fourth-order valence-corrected chi connectivity index (χ4v) is 5.04. The molecule has 0 saturated carbocycles. The van der Waals surface area contributed by atoms with Crippen molar-refractivity contribution in [3.63, 3.8) is 0 Å². The van der Waals surface area contributed by atoms with Gasteiger partial charge in [-0.2, -0.15) is 0 Å². The number of nitrogens with zero attached hydrogens (tertiary/aromatic N) is 7. The van der Waals surface area contributed by atoms with Crippen LogP contribution in [-0.4, -0.2) is 92.1 Å². The van der Waals surface area contributed by atoms with Gasteiger partial charge in [0.1, 0.15) is 23.0 Å². The molecule has 2 aliphatic heterocycles. The van der Waals surface area contributed by atoms with Gasteiger partial charge in [0.25, 0.3) is 6.43 Å². The van der Waals surface area contributed by atoms with Gasteiger partial charge in [-0.1, -0.05) is 0 Å². The number of piperidine rings is 1. The maximum atomic E-state index is 15.0. The number of likely N-dealkylation sites (tertiary alicyclic amines) is 1. The number of hydrogen-bond donors (Lipinski definition) is 2. The highest BCUT2D eigenvalue weighted by Gasteiger charge is 2.35. The summed E-state index contributed by atoms with van der Waals surface area (Å²) >= 11 is 0. The van der Waals surface area contributed by atoms with E-state index in [2.05, 4.69) is 34.9 Å². The number of nitrogens with one attached hydrogen (secondary N) is 2. The third-order valence-corrected chi connectivity index (χ3v) is 7.07. The van der Waals surface area contributed by atoms with Crippen LogP contribution in [0.5, 0.6) is 0 Å². The molecule has 0 amide bonds. The SMILES string of the molecule is [2H]c1cc(-c2ccc3nc(C)n(CC(F)F)c3n2)c2c(=NC)[nH]c(=N[C@H]3CCN(C4COC4)C[C@H]3F)[nH]n12. The smallest absolute Gasteiger partial charge is 0.256 e. The lowest BCUT2D eigenvalue weighted by atomic mass is 10.0. The van der Waals surface area contributed by atoms with Gasteiger partial charge in [0.15, 0.2) is 11.1 Å². The Balaban J connectivity index is 1.40. The number of aryl methyl sites for hydroxylation is 1. The molecule has 4 aromatic heterocycles. The average molecular weight is 517 g/mol. The Kier molecular flexibility index (Phi) is 5.80. The standard InChI is InChI=1S/C24H28F3N9O/c1-13-29-19-4-3-17(30-23(19)35(13)10-20(26)27)15-5-8-36-21(15)22(28-2)32-24(33-36)31-18-6-7-34(9-16(18)25)14-11-37-12-14/h3-5,8,14,16,18,20H,6-7,9-12H2,1-2H3,(H2,28,31,32,33)/t16-,18+/m1/s1/i8D. The molecule has 0 unspecified atom stereocenters. The van der Waals surface area contributed by atoms with Gasteiger partial charge < -0.3 is 14.3 Å². The largest absolute Gasteiger partial charge is 0.378 e. The first-order valence-corrected chi connectivity index (χ1v) is 12.2. The molecule has 2 fully saturated rings. The molecular weight excluding hydrogens is 487 g/mol. The molecule has 0 aromatic carbocycles. The Morgan fingerprint density at radius 1 is 1.27 bits per heavy atom. The molecule has 2 atom stereocenters. The van der Waals surface area contributed by atoms with Crippen molar-refractivity contribution in [1.82, 2.24) is 34.0 Å².